The number of amides is 1. The molecule has 11 atom stereocenters. The van der Waals surface area contributed by atoms with Crippen molar-refractivity contribution in [2.24, 2.45) is 52.3 Å². The van der Waals surface area contributed by atoms with Crippen LogP contribution >= 0.6 is 0 Å². The smallest absolute Gasteiger partial charge is 0.748 e. The van der Waals surface area contributed by atoms with Crippen LogP contribution in [0.25, 0.3) is 0 Å². The van der Waals surface area contributed by atoms with E-state index < -0.39 is 15.9 Å². The van der Waals surface area contributed by atoms with Gasteiger partial charge >= 0.3 is 29.6 Å². The molecule has 0 aromatic carbocycles. The van der Waals surface area contributed by atoms with Gasteiger partial charge in [-0.1, -0.05) is 34.1 Å². The van der Waals surface area contributed by atoms with E-state index in [2.05, 4.69) is 33.0 Å². The molecule has 208 valence electrons. The molecular weight excluding hydrogens is 501 g/mol. The van der Waals surface area contributed by atoms with Crippen molar-refractivity contribution >= 4 is 16.0 Å². The topological polar surface area (TPSA) is 127 Å². The number of aliphatic hydroxyl groups excluding tert-OH is 2. The quantitative estimate of drug-likeness (QED) is 0.302. The second-order valence-electron chi connectivity index (χ2n) is 13.2. The van der Waals surface area contributed by atoms with E-state index in [4.69, 9.17) is 0 Å². The number of carbonyl (C=O) groups excluding carboxylic acids is 1. The second kappa shape index (κ2) is 12.0. The molecule has 7 nitrogen and oxygen atoms in total. The molecule has 0 unspecified atom stereocenters. The summed E-state index contributed by atoms with van der Waals surface area (Å²) in [5, 5.41) is 24.8. The summed E-state index contributed by atoms with van der Waals surface area (Å²) >= 11 is 0. The van der Waals surface area contributed by atoms with Gasteiger partial charge in [0.1, 0.15) is 0 Å². The Kier molecular flexibility index (Phi) is 10.4. The van der Waals surface area contributed by atoms with Gasteiger partial charge in [-0.25, -0.2) is 8.42 Å². The molecule has 4 aliphatic rings. The van der Waals surface area contributed by atoms with E-state index in [1.165, 1.54) is 0 Å². The van der Waals surface area contributed by atoms with Gasteiger partial charge in [0, 0.05) is 13.0 Å². The Morgan fingerprint density at radius 3 is 2.35 bits per heavy atom. The summed E-state index contributed by atoms with van der Waals surface area (Å²) in [6.45, 7) is 9.22. The fourth-order valence-corrected chi connectivity index (χ4v) is 10.2. The van der Waals surface area contributed by atoms with Gasteiger partial charge in [-0.3, -0.25) is 4.79 Å². The van der Waals surface area contributed by atoms with Crippen LogP contribution in [0.5, 0.6) is 0 Å². The third kappa shape index (κ3) is 6.15. The van der Waals surface area contributed by atoms with E-state index in [0.29, 0.717) is 41.9 Å². The Morgan fingerprint density at radius 2 is 1.70 bits per heavy atom. The van der Waals surface area contributed by atoms with Crippen LogP contribution in [0.4, 0.5) is 0 Å². The van der Waals surface area contributed by atoms with Crippen LogP contribution in [-0.4, -0.2) is 53.6 Å². The minimum atomic E-state index is -4.32. The standard InChI is InChI=1S/C28H49NO6S.Na/c1-5-19-23-16-18(30)10-12-28(23,4)22-11-13-27(3)20(7-8-21(27)25(22)26(19)32)17(2)6-9-24(31)29-14-15-36(33,34)35;/h17-23,25-26,30,32H,5-16H2,1-4H3,(H,29,31)(H,33,34,35);/q;+1/p-1/t17-,18-,19-,20-,21+,22+,23+,25+,26-,27-,28-;/m1./s1. The number of rotatable bonds is 8. The number of hydrogen-bond donors (Lipinski definition) is 3. The summed E-state index contributed by atoms with van der Waals surface area (Å²) in [5.74, 6) is 2.09. The molecule has 9 heteroatoms. The fraction of sp³-hybridized carbons (Fsp3) is 0.964. The van der Waals surface area contributed by atoms with Gasteiger partial charge in [0.15, 0.2) is 0 Å². The van der Waals surface area contributed by atoms with Crippen molar-refractivity contribution in [2.45, 2.75) is 104 Å². The second-order valence-corrected chi connectivity index (χ2v) is 14.8. The Labute approximate surface area is 246 Å². The first-order valence-corrected chi connectivity index (χ1v) is 16.0. The maximum absolute atomic E-state index is 12.2. The Bertz CT molecular complexity index is 916. The predicted octanol–water partition coefficient (Wildman–Crippen LogP) is 0.695. The number of carbonyl (C=O) groups is 1. The van der Waals surface area contributed by atoms with E-state index in [-0.39, 0.29) is 71.0 Å². The molecule has 3 N–H and O–H groups in total. The van der Waals surface area contributed by atoms with E-state index in [1.54, 1.807) is 0 Å². The minimum absolute atomic E-state index is 0. The number of fused-ring (bicyclic) bond motifs is 5. The van der Waals surface area contributed by atoms with Gasteiger partial charge in [-0.05, 0) is 104 Å². The number of nitrogens with one attached hydrogen (secondary N) is 1. The van der Waals surface area contributed by atoms with Crippen LogP contribution in [-0.2, 0) is 14.9 Å². The summed E-state index contributed by atoms with van der Waals surface area (Å²) in [5.41, 5.74) is 0.356. The summed E-state index contributed by atoms with van der Waals surface area (Å²) in [7, 11) is -4.32. The summed E-state index contributed by atoms with van der Waals surface area (Å²) in [6, 6.07) is 0. The monoisotopic (exact) mass is 549 g/mol. The van der Waals surface area contributed by atoms with E-state index >= 15 is 0 Å². The first kappa shape index (κ1) is 31.8. The van der Waals surface area contributed by atoms with Crippen molar-refractivity contribution in [2.75, 3.05) is 12.3 Å². The molecule has 0 saturated heterocycles. The van der Waals surface area contributed by atoms with Gasteiger partial charge < -0.3 is 20.1 Å². The zero-order chi connectivity index (χ0) is 26.5. The van der Waals surface area contributed by atoms with Crippen LogP contribution in [0.1, 0.15) is 91.9 Å². The molecule has 0 radical (unpaired) electrons. The maximum Gasteiger partial charge on any atom is 1.00 e. The molecule has 4 saturated carbocycles. The Balaban J connectivity index is 0.00000380. The van der Waals surface area contributed by atoms with E-state index in [1.807, 2.05) is 0 Å². The third-order valence-electron chi connectivity index (χ3n) is 11.7. The third-order valence-corrected chi connectivity index (χ3v) is 12.4. The van der Waals surface area contributed by atoms with Gasteiger partial charge in [0.25, 0.3) is 0 Å². The zero-order valence-electron chi connectivity index (χ0n) is 23.6. The molecule has 1 amide bonds. The predicted molar refractivity (Wildman–Crippen MR) is 138 cm³/mol. The molecule has 0 aromatic heterocycles. The zero-order valence-corrected chi connectivity index (χ0v) is 26.4. The van der Waals surface area contributed by atoms with Gasteiger partial charge in [0.2, 0.25) is 5.91 Å². The van der Waals surface area contributed by atoms with E-state index in [0.717, 1.165) is 57.8 Å². The van der Waals surface area contributed by atoms with Crippen LogP contribution in [0, 0.1) is 52.3 Å². The Morgan fingerprint density at radius 1 is 1.05 bits per heavy atom. The van der Waals surface area contributed by atoms with Gasteiger partial charge in [-0.2, -0.15) is 0 Å². The number of hydrogen-bond acceptors (Lipinski definition) is 6. The van der Waals surface area contributed by atoms with Crippen LogP contribution in [0.2, 0.25) is 0 Å². The van der Waals surface area contributed by atoms with Crippen LogP contribution in [0.3, 0.4) is 0 Å². The molecular formula is C28H48NNaO6S. The van der Waals surface area contributed by atoms with Gasteiger partial charge in [-0.15, -0.1) is 0 Å². The van der Waals surface area contributed by atoms with Crippen LogP contribution < -0.4 is 34.9 Å². The van der Waals surface area contributed by atoms with Crippen LogP contribution in [0.15, 0.2) is 0 Å². The minimum Gasteiger partial charge on any atom is -0.748 e. The molecule has 0 bridgehead atoms. The van der Waals surface area contributed by atoms with Crippen molar-refractivity contribution in [1.29, 1.82) is 0 Å². The van der Waals surface area contributed by atoms with Crippen molar-refractivity contribution in [1.82, 2.24) is 5.32 Å². The molecule has 0 spiro atoms. The first-order valence-electron chi connectivity index (χ1n) is 14.4. The number of aliphatic hydroxyl groups is 2. The van der Waals surface area contributed by atoms with Crippen molar-refractivity contribution in [3.8, 4) is 0 Å². The van der Waals surface area contributed by atoms with Crippen molar-refractivity contribution in [3.05, 3.63) is 0 Å². The molecule has 37 heavy (non-hydrogen) atoms. The van der Waals surface area contributed by atoms with E-state index in [9.17, 15) is 28.0 Å². The summed E-state index contributed by atoms with van der Waals surface area (Å²) in [4.78, 5) is 12.2. The molecule has 0 heterocycles. The molecule has 0 aliphatic heterocycles. The molecule has 4 aliphatic carbocycles. The molecule has 4 fully saturated rings. The molecule has 0 aromatic rings. The SMILES string of the molecule is CC[C@H]1[C@@H](O)[C@@H]2[C@H](CC[C@]3(C)[C@@H]([C@H](C)CCC(=O)NCCS(=O)(=O)[O-])CC[C@@H]23)[C@@]2(C)CC[C@@H](O)C[C@@H]12.[Na+]. The Hall–Kier alpha value is 0.300. The average Bonchev–Trinajstić information content (AvgIpc) is 3.15. The summed E-state index contributed by atoms with van der Waals surface area (Å²) < 4.78 is 32.3. The van der Waals surface area contributed by atoms with Gasteiger partial charge in [0.05, 0.1) is 28.1 Å². The first-order chi connectivity index (χ1) is 16.8. The van der Waals surface area contributed by atoms with Crippen molar-refractivity contribution < 1.29 is 57.5 Å². The fourth-order valence-electron chi connectivity index (χ4n) is 9.90. The van der Waals surface area contributed by atoms with Crippen molar-refractivity contribution in [3.63, 3.8) is 0 Å². The summed E-state index contributed by atoms with van der Waals surface area (Å²) in [6.07, 6.45) is 8.86. The maximum atomic E-state index is 12.2. The average molecular weight is 550 g/mol. The largest absolute Gasteiger partial charge is 1.00 e. The molecule has 4 rings (SSSR count). The normalized spacial score (nSPS) is 44.1.